The minimum atomic E-state index is -0.195. The standard InChI is InChI=1S/C19H19N5O3/c25-18(15-7-2-1-6-14(15)17-20-12-21-23-17)22-13-5-3-9-24(11-13)19(26)16-8-4-10-27-16/h1-2,4,6-8,10,12-13H,3,5,9,11H2,(H,22,25)(H,20,21,23)/t13-/m0/s1. The molecule has 0 saturated carbocycles. The van der Waals surface area contributed by atoms with E-state index in [0.29, 0.717) is 35.8 Å². The fourth-order valence-electron chi connectivity index (χ4n) is 3.32. The van der Waals surface area contributed by atoms with Gasteiger partial charge in [-0.2, -0.15) is 5.10 Å². The molecule has 0 unspecified atom stereocenters. The smallest absolute Gasteiger partial charge is 0.289 e. The first-order valence-corrected chi connectivity index (χ1v) is 8.81. The summed E-state index contributed by atoms with van der Waals surface area (Å²) in [5.74, 6) is 0.511. The Morgan fingerprint density at radius 1 is 1.22 bits per heavy atom. The summed E-state index contributed by atoms with van der Waals surface area (Å²) < 4.78 is 5.20. The number of H-pyrrole nitrogens is 1. The van der Waals surface area contributed by atoms with Gasteiger partial charge in [-0.3, -0.25) is 14.7 Å². The Labute approximate surface area is 155 Å². The van der Waals surface area contributed by atoms with Crippen molar-refractivity contribution in [1.82, 2.24) is 25.4 Å². The zero-order valence-corrected chi connectivity index (χ0v) is 14.6. The Bertz CT molecular complexity index is 921. The molecule has 2 N–H and O–H groups in total. The van der Waals surface area contributed by atoms with Gasteiger partial charge >= 0.3 is 0 Å². The van der Waals surface area contributed by atoms with Crippen molar-refractivity contribution in [3.8, 4) is 11.4 Å². The average Bonchev–Trinajstić information content (AvgIpc) is 3.41. The average molecular weight is 365 g/mol. The molecule has 1 atom stereocenters. The predicted molar refractivity (Wildman–Crippen MR) is 96.9 cm³/mol. The fraction of sp³-hybridized carbons (Fsp3) is 0.263. The molecule has 0 bridgehead atoms. The molecular formula is C19H19N5O3. The van der Waals surface area contributed by atoms with Gasteiger partial charge in [-0.1, -0.05) is 18.2 Å². The predicted octanol–water partition coefficient (Wildman–Crippen LogP) is 2.10. The van der Waals surface area contributed by atoms with E-state index in [0.717, 1.165) is 12.8 Å². The van der Waals surface area contributed by atoms with Crippen LogP contribution in [0.15, 0.2) is 53.4 Å². The number of carbonyl (C=O) groups excluding carboxylic acids is 2. The number of likely N-dealkylation sites (tertiary alicyclic amines) is 1. The van der Waals surface area contributed by atoms with Crippen LogP contribution in [-0.2, 0) is 0 Å². The number of furan rings is 1. The first-order valence-electron chi connectivity index (χ1n) is 8.81. The topological polar surface area (TPSA) is 104 Å². The van der Waals surface area contributed by atoms with Crippen molar-refractivity contribution in [1.29, 1.82) is 0 Å². The molecule has 0 radical (unpaired) electrons. The third-order valence-corrected chi connectivity index (χ3v) is 4.62. The van der Waals surface area contributed by atoms with Crippen LogP contribution in [0.2, 0.25) is 0 Å². The van der Waals surface area contributed by atoms with Gasteiger partial charge in [-0.05, 0) is 31.0 Å². The van der Waals surface area contributed by atoms with E-state index in [2.05, 4.69) is 20.5 Å². The molecule has 1 fully saturated rings. The fourth-order valence-corrected chi connectivity index (χ4v) is 3.32. The number of nitrogens with one attached hydrogen (secondary N) is 2. The Kier molecular flexibility index (Phi) is 4.69. The largest absolute Gasteiger partial charge is 0.459 e. The summed E-state index contributed by atoms with van der Waals surface area (Å²) in [6.45, 7) is 1.11. The zero-order chi connectivity index (χ0) is 18.6. The summed E-state index contributed by atoms with van der Waals surface area (Å²) >= 11 is 0. The summed E-state index contributed by atoms with van der Waals surface area (Å²) in [5, 5.41) is 9.68. The molecule has 8 heteroatoms. The van der Waals surface area contributed by atoms with Crippen molar-refractivity contribution in [3.63, 3.8) is 0 Å². The molecule has 1 aliphatic rings. The lowest BCUT2D eigenvalue weighted by atomic mass is 10.0. The zero-order valence-electron chi connectivity index (χ0n) is 14.6. The van der Waals surface area contributed by atoms with Gasteiger partial charge in [0.05, 0.1) is 11.8 Å². The van der Waals surface area contributed by atoms with Gasteiger partial charge in [0, 0.05) is 24.7 Å². The summed E-state index contributed by atoms with van der Waals surface area (Å²) in [6, 6.07) is 10.5. The molecular weight excluding hydrogens is 346 g/mol. The van der Waals surface area contributed by atoms with E-state index in [1.54, 1.807) is 23.1 Å². The van der Waals surface area contributed by atoms with Gasteiger partial charge in [0.2, 0.25) is 0 Å². The molecule has 3 aromatic rings. The molecule has 0 spiro atoms. The van der Waals surface area contributed by atoms with Crippen LogP contribution in [0.4, 0.5) is 0 Å². The van der Waals surface area contributed by atoms with E-state index in [1.807, 2.05) is 18.2 Å². The second kappa shape index (κ2) is 7.45. The molecule has 138 valence electrons. The van der Waals surface area contributed by atoms with Gasteiger partial charge in [-0.15, -0.1) is 0 Å². The van der Waals surface area contributed by atoms with Crippen molar-refractivity contribution in [2.45, 2.75) is 18.9 Å². The highest BCUT2D eigenvalue weighted by Crippen LogP contribution is 2.20. The maximum atomic E-state index is 12.8. The summed E-state index contributed by atoms with van der Waals surface area (Å²) in [4.78, 5) is 31.2. The van der Waals surface area contributed by atoms with Crippen LogP contribution >= 0.6 is 0 Å². The van der Waals surface area contributed by atoms with E-state index >= 15 is 0 Å². The maximum Gasteiger partial charge on any atom is 0.289 e. The lowest BCUT2D eigenvalue weighted by Gasteiger charge is -2.32. The second-order valence-corrected chi connectivity index (χ2v) is 6.42. The normalized spacial score (nSPS) is 16.9. The van der Waals surface area contributed by atoms with E-state index in [1.165, 1.54) is 12.6 Å². The molecule has 4 rings (SSSR count). The Morgan fingerprint density at radius 2 is 2.11 bits per heavy atom. The van der Waals surface area contributed by atoms with Gasteiger partial charge in [0.1, 0.15) is 6.33 Å². The lowest BCUT2D eigenvalue weighted by molar-refractivity contribution is 0.0647. The van der Waals surface area contributed by atoms with E-state index in [9.17, 15) is 9.59 Å². The summed E-state index contributed by atoms with van der Waals surface area (Å²) in [5.41, 5.74) is 1.20. The number of hydrogen-bond donors (Lipinski definition) is 2. The van der Waals surface area contributed by atoms with Crippen molar-refractivity contribution < 1.29 is 14.0 Å². The first kappa shape index (κ1) is 17.0. The van der Waals surface area contributed by atoms with E-state index < -0.39 is 0 Å². The highest BCUT2D eigenvalue weighted by atomic mass is 16.3. The van der Waals surface area contributed by atoms with E-state index in [4.69, 9.17) is 4.42 Å². The SMILES string of the molecule is O=C(N[C@H]1CCCN(C(=O)c2ccco2)C1)c1ccccc1-c1ncn[nH]1. The Morgan fingerprint density at radius 3 is 2.89 bits per heavy atom. The highest BCUT2D eigenvalue weighted by molar-refractivity contribution is 6.00. The van der Waals surface area contributed by atoms with Crippen molar-refractivity contribution in [3.05, 3.63) is 60.3 Å². The number of benzene rings is 1. The molecule has 27 heavy (non-hydrogen) atoms. The maximum absolute atomic E-state index is 12.8. The van der Waals surface area contributed by atoms with Crippen molar-refractivity contribution in [2.24, 2.45) is 0 Å². The number of carbonyl (C=O) groups is 2. The van der Waals surface area contributed by atoms with Gasteiger partial charge < -0.3 is 14.6 Å². The van der Waals surface area contributed by atoms with Crippen LogP contribution in [0.1, 0.15) is 33.8 Å². The quantitative estimate of drug-likeness (QED) is 0.737. The summed E-state index contributed by atoms with van der Waals surface area (Å²) in [6.07, 6.45) is 4.53. The third-order valence-electron chi connectivity index (χ3n) is 4.62. The number of nitrogens with zero attached hydrogens (tertiary/aromatic N) is 3. The first-order chi connectivity index (χ1) is 13.2. The van der Waals surface area contributed by atoms with Crippen LogP contribution in [0.3, 0.4) is 0 Å². The van der Waals surface area contributed by atoms with Crippen molar-refractivity contribution >= 4 is 11.8 Å². The minimum Gasteiger partial charge on any atom is -0.459 e. The van der Waals surface area contributed by atoms with Gasteiger partial charge in [-0.25, -0.2) is 4.98 Å². The number of aromatic nitrogens is 3. The van der Waals surface area contributed by atoms with Gasteiger partial charge in [0.25, 0.3) is 11.8 Å². The minimum absolute atomic E-state index is 0.118. The number of piperidine rings is 1. The number of hydrogen-bond acceptors (Lipinski definition) is 5. The molecule has 1 aliphatic heterocycles. The summed E-state index contributed by atoms with van der Waals surface area (Å²) in [7, 11) is 0. The molecule has 0 aliphatic carbocycles. The number of aromatic amines is 1. The Hall–Kier alpha value is -3.42. The monoisotopic (exact) mass is 365 g/mol. The second-order valence-electron chi connectivity index (χ2n) is 6.42. The van der Waals surface area contributed by atoms with Crippen LogP contribution in [-0.4, -0.2) is 51.0 Å². The molecule has 1 aromatic carbocycles. The van der Waals surface area contributed by atoms with Crippen molar-refractivity contribution in [2.75, 3.05) is 13.1 Å². The lowest BCUT2D eigenvalue weighted by Crippen LogP contribution is -2.49. The highest BCUT2D eigenvalue weighted by Gasteiger charge is 2.27. The molecule has 1 saturated heterocycles. The molecule has 2 aromatic heterocycles. The van der Waals surface area contributed by atoms with E-state index in [-0.39, 0.29) is 17.9 Å². The third kappa shape index (κ3) is 3.59. The van der Waals surface area contributed by atoms with Crippen LogP contribution in [0.25, 0.3) is 11.4 Å². The molecule has 2 amide bonds. The molecule has 8 nitrogen and oxygen atoms in total. The van der Waals surface area contributed by atoms with Crippen LogP contribution in [0, 0.1) is 0 Å². The number of amides is 2. The molecule has 3 heterocycles. The Balaban J connectivity index is 1.46. The van der Waals surface area contributed by atoms with Crippen LogP contribution in [0.5, 0.6) is 0 Å². The number of rotatable bonds is 4. The van der Waals surface area contributed by atoms with Crippen LogP contribution < -0.4 is 5.32 Å². The van der Waals surface area contributed by atoms with Gasteiger partial charge in [0.15, 0.2) is 11.6 Å².